The van der Waals surface area contributed by atoms with Crippen molar-refractivity contribution < 1.29 is 8.91 Å². The molecule has 0 bridgehead atoms. The maximum Gasteiger partial charge on any atom is 0.243 e. The van der Waals surface area contributed by atoms with Gasteiger partial charge in [-0.15, -0.1) is 0 Å². The molecule has 3 rings (SSSR count). The molecule has 0 unspecified atom stereocenters. The molecule has 1 fully saturated rings. The number of nitrogens with zero attached hydrogens (tertiary/aromatic N) is 2. The number of halogens is 2. The highest BCUT2D eigenvalue weighted by atomic mass is 35.5. The van der Waals surface area contributed by atoms with Gasteiger partial charge in [-0.3, -0.25) is 0 Å². The molecule has 0 radical (unpaired) electrons. The van der Waals surface area contributed by atoms with Crippen LogP contribution in [0.4, 0.5) is 4.39 Å². The molecule has 1 aliphatic heterocycles. The van der Waals surface area contributed by atoms with Gasteiger partial charge < -0.3 is 9.84 Å². The van der Waals surface area contributed by atoms with Crippen LogP contribution in [0.2, 0.25) is 5.02 Å². The monoisotopic (exact) mass is 281 g/mol. The summed E-state index contributed by atoms with van der Waals surface area (Å²) in [7, 11) is 0. The van der Waals surface area contributed by atoms with E-state index in [4.69, 9.17) is 16.1 Å². The molecule has 0 amide bonds. The number of benzene rings is 1. The SMILES string of the molecule is Fc1ccc(Cc2noc([C@@H]3CCCN3)n2)c(Cl)c1. The molecule has 0 spiro atoms. The Balaban J connectivity index is 1.76. The molecule has 1 aliphatic rings. The summed E-state index contributed by atoms with van der Waals surface area (Å²) in [5, 5.41) is 7.62. The van der Waals surface area contributed by atoms with Gasteiger partial charge in [-0.1, -0.05) is 22.8 Å². The Morgan fingerprint density at radius 2 is 2.37 bits per heavy atom. The maximum atomic E-state index is 13.0. The van der Waals surface area contributed by atoms with E-state index in [0.29, 0.717) is 23.2 Å². The molecule has 4 nitrogen and oxygen atoms in total. The molecule has 100 valence electrons. The third-order valence-corrected chi connectivity index (χ3v) is 3.56. The number of hydrogen-bond donors (Lipinski definition) is 1. The Morgan fingerprint density at radius 3 is 3.11 bits per heavy atom. The molecular weight excluding hydrogens is 269 g/mol. The molecule has 2 aromatic rings. The van der Waals surface area contributed by atoms with E-state index in [1.54, 1.807) is 6.07 Å². The first kappa shape index (κ1) is 12.6. The Morgan fingerprint density at radius 1 is 1.47 bits per heavy atom. The van der Waals surface area contributed by atoms with Crippen molar-refractivity contribution in [2.24, 2.45) is 0 Å². The molecule has 1 saturated heterocycles. The topological polar surface area (TPSA) is 51.0 Å². The van der Waals surface area contributed by atoms with Crippen molar-refractivity contribution in [3.63, 3.8) is 0 Å². The van der Waals surface area contributed by atoms with Crippen LogP contribution < -0.4 is 5.32 Å². The van der Waals surface area contributed by atoms with Crippen molar-refractivity contribution in [1.82, 2.24) is 15.5 Å². The minimum absolute atomic E-state index is 0.157. The van der Waals surface area contributed by atoms with E-state index in [1.165, 1.54) is 12.1 Å². The predicted molar refractivity (Wildman–Crippen MR) is 68.5 cm³/mol. The van der Waals surface area contributed by atoms with Crippen LogP contribution in [0.3, 0.4) is 0 Å². The highest BCUT2D eigenvalue weighted by Gasteiger charge is 2.22. The summed E-state index contributed by atoms with van der Waals surface area (Å²) in [4.78, 5) is 4.36. The molecule has 6 heteroatoms. The van der Waals surface area contributed by atoms with E-state index in [0.717, 1.165) is 24.9 Å². The van der Waals surface area contributed by atoms with Gasteiger partial charge in [0.1, 0.15) is 5.82 Å². The Labute approximate surface area is 115 Å². The van der Waals surface area contributed by atoms with Crippen LogP contribution >= 0.6 is 11.6 Å². The van der Waals surface area contributed by atoms with Gasteiger partial charge in [-0.25, -0.2) is 4.39 Å². The van der Waals surface area contributed by atoms with Crippen molar-refractivity contribution in [2.45, 2.75) is 25.3 Å². The molecule has 0 aliphatic carbocycles. The van der Waals surface area contributed by atoms with Crippen molar-refractivity contribution in [3.8, 4) is 0 Å². The Bertz CT molecular complexity index is 581. The lowest BCUT2D eigenvalue weighted by molar-refractivity contribution is 0.341. The van der Waals surface area contributed by atoms with Gasteiger partial charge in [0.25, 0.3) is 0 Å². The highest BCUT2D eigenvalue weighted by Crippen LogP contribution is 2.23. The Kier molecular flexibility index (Phi) is 3.48. The smallest absolute Gasteiger partial charge is 0.243 e. The van der Waals surface area contributed by atoms with E-state index in [9.17, 15) is 4.39 Å². The first-order chi connectivity index (χ1) is 9.22. The van der Waals surface area contributed by atoms with Crippen LogP contribution in [0.5, 0.6) is 0 Å². The minimum atomic E-state index is -0.349. The average molecular weight is 282 g/mol. The first-order valence-electron chi connectivity index (χ1n) is 6.22. The molecule has 1 aromatic heterocycles. The summed E-state index contributed by atoms with van der Waals surface area (Å²) in [6.07, 6.45) is 2.57. The quantitative estimate of drug-likeness (QED) is 0.940. The summed E-state index contributed by atoms with van der Waals surface area (Å²) in [6.45, 7) is 0.978. The van der Waals surface area contributed by atoms with Crippen LogP contribution in [0.15, 0.2) is 22.7 Å². The fourth-order valence-electron chi connectivity index (χ4n) is 2.21. The highest BCUT2D eigenvalue weighted by molar-refractivity contribution is 6.31. The van der Waals surface area contributed by atoms with E-state index >= 15 is 0 Å². The second-order valence-corrected chi connectivity index (χ2v) is 5.02. The largest absolute Gasteiger partial charge is 0.338 e. The van der Waals surface area contributed by atoms with E-state index in [-0.39, 0.29) is 11.9 Å². The number of hydrogen-bond acceptors (Lipinski definition) is 4. The Hall–Kier alpha value is -1.46. The van der Waals surface area contributed by atoms with Gasteiger partial charge in [-0.2, -0.15) is 4.98 Å². The minimum Gasteiger partial charge on any atom is -0.338 e. The standard InChI is InChI=1S/C13H13ClFN3O/c14-10-7-9(15)4-3-8(10)6-12-17-13(19-18-12)11-2-1-5-16-11/h3-4,7,11,16H,1-2,5-6H2/t11-/m0/s1. The van der Waals surface area contributed by atoms with Crippen LogP contribution in [0.1, 0.15) is 36.2 Å². The predicted octanol–water partition coefficient (Wildman–Crippen LogP) is 2.88. The van der Waals surface area contributed by atoms with Crippen LogP contribution in [-0.4, -0.2) is 16.7 Å². The lowest BCUT2D eigenvalue weighted by Crippen LogP contribution is -2.13. The van der Waals surface area contributed by atoms with Crippen molar-refractivity contribution in [2.75, 3.05) is 6.54 Å². The van der Waals surface area contributed by atoms with Crippen LogP contribution in [0.25, 0.3) is 0 Å². The van der Waals surface area contributed by atoms with Gasteiger partial charge >= 0.3 is 0 Å². The summed E-state index contributed by atoms with van der Waals surface area (Å²) < 4.78 is 18.2. The zero-order valence-corrected chi connectivity index (χ0v) is 11.0. The molecule has 2 heterocycles. The van der Waals surface area contributed by atoms with Gasteiger partial charge in [0.15, 0.2) is 5.82 Å². The van der Waals surface area contributed by atoms with Gasteiger partial charge in [-0.05, 0) is 37.1 Å². The number of rotatable bonds is 3. The first-order valence-corrected chi connectivity index (χ1v) is 6.60. The van der Waals surface area contributed by atoms with E-state index in [2.05, 4.69) is 15.5 Å². The zero-order valence-electron chi connectivity index (χ0n) is 10.2. The van der Waals surface area contributed by atoms with Crippen LogP contribution in [-0.2, 0) is 6.42 Å². The molecule has 1 N–H and O–H groups in total. The summed E-state index contributed by atoms with van der Waals surface area (Å²) >= 11 is 5.97. The molecule has 0 saturated carbocycles. The molecule has 1 aromatic carbocycles. The second-order valence-electron chi connectivity index (χ2n) is 4.61. The number of aromatic nitrogens is 2. The van der Waals surface area contributed by atoms with Crippen LogP contribution in [0, 0.1) is 5.82 Å². The normalized spacial score (nSPS) is 18.9. The van der Waals surface area contributed by atoms with E-state index < -0.39 is 0 Å². The van der Waals surface area contributed by atoms with E-state index in [1.807, 2.05) is 0 Å². The number of nitrogens with one attached hydrogen (secondary N) is 1. The fourth-order valence-corrected chi connectivity index (χ4v) is 2.45. The third kappa shape index (κ3) is 2.77. The summed E-state index contributed by atoms with van der Waals surface area (Å²) in [5.74, 6) is 0.834. The lowest BCUT2D eigenvalue weighted by atomic mass is 10.1. The summed E-state index contributed by atoms with van der Waals surface area (Å²) in [5.41, 5.74) is 0.787. The van der Waals surface area contributed by atoms with Crippen molar-refractivity contribution in [1.29, 1.82) is 0 Å². The molecule has 19 heavy (non-hydrogen) atoms. The average Bonchev–Trinajstić information content (AvgIpc) is 3.03. The molecular formula is C13H13ClFN3O. The van der Waals surface area contributed by atoms with Crippen molar-refractivity contribution in [3.05, 3.63) is 46.3 Å². The lowest BCUT2D eigenvalue weighted by Gasteiger charge is -2.02. The second kappa shape index (κ2) is 5.27. The van der Waals surface area contributed by atoms with Gasteiger partial charge in [0.2, 0.25) is 5.89 Å². The third-order valence-electron chi connectivity index (χ3n) is 3.21. The maximum absolute atomic E-state index is 13.0. The fraction of sp³-hybridized carbons (Fsp3) is 0.385. The zero-order chi connectivity index (χ0) is 13.2. The summed E-state index contributed by atoms with van der Waals surface area (Å²) in [6, 6.07) is 4.46. The van der Waals surface area contributed by atoms with Gasteiger partial charge in [0, 0.05) is 11.4 Å². The molecule has 1 atom stereocenters. The van der Waals surface area contributed by atoms with Crippen molar-refractivity contribution >= 4 is 11.6 Å². The van der Waals surface area contributed by atoms with Gasteiger partial charge in [0.05, 0.1) is 6.04 Å².